The number of ether oxygens (including phenoxy) is 1. The average molecular weight is 723 g/mol. The molecule has 1 aliphatic rings. The predicted molar refractivity (Wildman–Crippen MR) is 189 cm³/mol. The van der Waals surface area contributed by atoms with Crippen molar-refractivity contribution >= 4 is 55.9 Å². The third-order valence-electron chi connectivity index (χ3n) is 8.71. The standard InChI is InChI=1S/C36H37Cl2N5O5S/c1-23-20-24(2)40-34-27(23)8-5-10-31(34)48-22-28-29(37)15-16-32(33(28)38)49(46,47)43-19-6-9-30(43)36(45)42(4)18-7-17-41(3)35(44)26-13-11-25(21-39)12-14-26/h5,8,10-16,20,30H,6-7,9,17-19,22H2,1-4H3/t30-/m0/s1. The van der Waals surface area contributed by atoms with Gasteiger partial charge in [-0.05, 0) is 87.2 Å². The average Bonchev–Trinajstić information content (AvgIpc) is 3.59. The monoisotopic (exact) mass is 721 g/mol. The summed E-state index contributed by atoms with van der Waals surface area (Å²) in [6, 6.07) is 18.0. The van der Waals surface area contributed by atoms with E-state index in [0.717, 1.165) is 16.6 Å². The van der Waals surface area contributed by atoms with Gasteiger partial charge in [0.05, 0.1) is 16.7 Å². The van der Waals surface area contributed by atoms with Gasteiger partial charge in [0.15, 0.2) is 0 Å². The minimum Gasteiger partial charge on any atom is -0.487 e. The minimum atomic E-state index is -4.19. The van der Waals surface area contributed by atoms with Gasteiger partial charge in [0.1, 0.15) is 28.8 Å². The fraction of sp³-hybridized carbons (Fsp3) is 0.333. The molecule has 1 fully saturated rings. The number of aromatic nitrogens is 1. The Hall–Kier alpha value is -4.21. The van der Waals surface area contributed by atoms with E-state index < -0.39 is 16.1 Å². The van der Waals surface area contributed by atoms with Crippen LogP contribution in [0.15, 0.2) is 65.6 Å². The van der Waals surface area contributed by atoms with Crippen LogP contribution in [0.4, 0.5) is 0 Å². The van der Waals surface area contributed by atoms with E-state index in [-0.39, 0.29) is 39.9 Å². The van der Waals surface area contributed by atoms with Crippen molar-refractivity contribution in [3.63, 3.8) is 0 Å². The van der Waals surface area contributed by atoms with Crippen LogP contribution in [0.3, 0.4) is 0 Å². The van der Waals surface area contributed by atoms with Crippen LogP contribution in [0.1, 0.15) is 52.0 Å². The molecule has 2 heterocycles. The number of aryl methyl sites for hydroxylation is 2. The number of halogens is 2. The van der Waals surface area contributed by atoms with E-state index in [4.69, 9.17) is 33.2 Å². The molecule has 13 heteroatoms. The van der Waals surface area contributed by atoms with Crippen LogP contribution >= 0.6 is 23.2 Å². The maximum absolute atomic E-state index is 14.0. The molecule has 0 aliphatic carbocycles. The van der Waals surface area contributed by atoms with Crippen molar-refractivity contribution < 1.29 is 22.7 Å². The number of fused-ring (bicyclic) bond motifs is 1. The normalized spacial score (nSPS) is 14.8. The highest BCUT2D eigenvalue weighted by Gasteiger charge is 2.41. The van der Waals surface area contributed by atoms with Crippen LogP contribution in [-0.2, 0) is 21.4 Å². The third kappa shape index (κ3) is 7.68. The van der Waals surface area contributed by atoms with Crippen molar-refractivity contribution in [1.29, 1.82) is 5.26 Å². The van der Waals surface area contributed by atoms with E-state index in [1.807, 2.05) is 38.1 Å². The molecule has 0 N–H and O–H groups in total. The topological polar surface area (TPSA) is 124 Å². The molecule has 0 unspecified atom stereocenters. The summed E-state index contributed by atoms with van der Waals surface area (Å²) in [6.45, 7) is 4.67. The molecule has 3 aromatic carbocycles. The molecule has 49 heavy (non-hydrogen) atoms. The molecule has 10 nitrogen and oxygen atoms in total. The van der Waals surface area contributed by atoms with Gasteiger partial charge in [0.2, 0.25) is 15.9 Å². The zero-order valence-corrected chi connectivity index (χ0v) is 30.1. The van der Waals surface area contributed by atoms with Crippen molar-refractivity contribution in [3.8, 4) is 11.8 Å². The molecule has 1 aromatic heterocycles. The van der Waals surface area contributed by atoms with Crippen molar-refractivity contribution in [2.75, 3.05) is 33.7 Å². The Morgan fingerprint density at radius 2 is 1.76 bits per heavy atom. The third-order valence-corrected chi connectivity index (χ3v) is 11.6. The van der Waals surface area contributed by atoms with Gasteiger partial charge in [-0.15, -0.1) is 0 Å². The molecule has 0 radical (unpaired) electrons. The highest BCUT2D eigenvalue weighted by molar-refractivity contribution is 7.89. The number of carbonyl (C=O) groups excluding carboxylic acids is 2. The predicted octanol–water partition coefficient (Wildman–Crippen LogP) is 6.38. The van der Waals surface area contributed by atoms with Gasteiger partial charge < -0.3 is 14.5 Å². The smallest absolute Gasteiger partial charge is 0.253 e. The Kier molecular flexibility index (Phi) is 11.1. The number of sulfonamides is 1. The first-order valence-electron chi connectivity index (χ1n) is 15.8. The first-order chi connectivity index (χ1) is 23.3. The van der Waals surface area contributed by atoms with Gasteiger partial charge in [-0.3, -0.25) is 9.59 Å². The van der Waals surface area contributed by atoms with Gasteiger partial charge in [0.25, 0.3) is 5.91 Å². The number of pyridine rings is 1. The fourth-order valence-corrected chi connectivity index (χ4v) is 8.56. The van der Waals surface area contributed by atoms with Gasteiger partial charge in [-0.2, -0.15) is 9.57 Å². The number of para-hydroxylation sites is 1. The lowest BCUT2D eigenvalue weighted by atomic mass is 10.1. The molecule has 0 bridgehead atoms. The Labute approximate surface area is 296 Å². The van der Waals surface area contributed by atoms with E-state index >= 15 is 0 Å². The molecule has 1 atom stereocenters. The first kappa shape index (κ1) is 36.1. The summed E-state index contributed by atoms with van der Waals surface area (Å²) in [5.74, 6) is -0.0114. The molecule has 4 aromatic rings. The zero-order valence-electron chi connectivity index (χ0n) is 27.7. The quantitative estimate of drug-likeness (QED) is 0.176. The van der Waals surface area contributed by atoms with Crippen molar-refractivity contribution in [2.24, 2.45) is 0 Å². The molecule has 256 valence electrons. The summed E-state index contributed by atoms with van der Waals surface area (Å²) in [6.07, 6.45) is 1.37. The van der Waals surface area contributed by atoms with Crippen molar-refractivity contribution in [2.45, 2.75) is 50.7 Å². The number of rotatable bonds is 11. The molecule has 1 saturated heterocycles. The zero-order chi connectivity index (χ0) is 35.5. The van der Waals surface area contributed by atoms with Crippen LogP contribution in [0.25, 0.3) is 10.9 Å². The molecular formula is C36H37Cl2N5O5S. The maximum Gasteiger partial charge on any atom is 0.253 e. The lowest BCUT2D eigenvalue weighted by Gasteiger charge is -2.28. The second-order valence-corrected chi connectivity index (χ2v) is 14.8. The van der Waals surface area contributed by atoms with E-state index in [9.17, 15) is 18.0 Å². The Bertz CT molecular complexity index is 2050. The van der Waals surface area contributed by atoms with Crippen molar-refractivity contribution in [1.82, 2.24) is 19.1 Å². The minimum absolute atomic E-state index is 0.0607. The van der Waals surface area contributed by atoms with Gasteiger partial charge in [-0.1, -0.05) is 35.3 Å². The molecule has 0 saturated carbocycles. The lowest BCUT2D eigenvalue weighted by Crippen LogP contribution is -2.47. The number of amides is 2. The number of likely N-dealkylation sites (N-methyl/N-ethyl adjacent to an activating group) is 1. The van der Waals surface area contributed by atoms with Crippen molar-refractivity contribution in [3.05, 3.63) is 98.7 Å². The highest BCUT2D eigenvalue weighted by Crippen LogP contribution is 2.37. The van der Waals surface area contributed by atoms with E-state index in [1.54, 1.807) is 49.3 Å². The molecule has 1 aliphatic heterocycles. The number of benzene rings is 3. The number of carbonyl (C=O) groups is 2. The number of hydrogen-bond acceptors (Lipinski definition) is 7. The second kappa shape index (κ2) is 15.1. The number of hydrogen-bond donors (Lipinski definition) is 0. The second-order valence-electron chi connectivity index (χ2n) is 12.2. The van der Waals surface area contributed by atoms with Crippen LogP contribution < -0.4 is 4.74 Å². The first-order valence-corrected chi connectivity index (χ1v) is 18.0. The Balaban J connectivity index is 1.26. The largest absolute Gasteiger partial charge is 0.487 e. The Morgan fingerprint density at radius 3 is 2.47 bits per heavy atom. The summed E-state index contributed by atoms with van der Waals surface area (Å²) in [5, 5.41) is 10.1. The SMILES string of the molecule is Cc1cc(C)c2cccc(OCc3c(Cl)ccc(S(=O)(=O)N4CCC[C@H]4C(=O)N(C)CCCN(C)C(=O)c4ccc(C#N)cc4)c3Cl)c2n1. The van der Waals surface area contributed by atoms with Gasteiger partial charge in [0, 0.05) is 61.0 Å². The number of nitrogens with zero attached hydrogens (tertiary/aromatic N) is 5. The van der Waals surface area contributed by atoms with Crippen LogP contribution in [0.2, 0.25) is 10.0 Å². The maximum atomic E-state index is 14.0. The molecule has 5 rings (SSSR count). The summed E-state index contributed by atoms with van der Waals surface area (Å²) in [7, 11) is -0.893. The molecule has 2 amide bonds. The lowest BCUT2D eigenvalue weighted by molar-refractivity contribution is -0.133. The van der Waals surface area contributed by atoms with Gasteiger partial charge >= 0.3 is 0 Å². The van der Waals surface area contributed by atoms with E-state index in [0.29, 0.717) is 60.3 Å². The van der Waals surface area contributed by atoms with Crippen LogP contribution in [-0.4, -0.2) is 79.1 Å². The van der Waals surface area contributed by atoms with Crippen LogP contribution in [0, 0.1) is 25.2 Å². The summed E-state index contributed by atoms with van der Waals surface area (Å²) < 4.78 is 35.4. The Morgan fingerprint density at radius 1 is 1.04 bits per heavy atom. The fourth-order valence-electron chi connectivity index (χ4n) is 6.05. The highest BCUT2D eigenvalue weighted by atomic mass is 35.5. The van der Waals surface area contributed by atoms with E-state index in [1.165, 1.54) is 21.3 Å². The molecular weight excluding hydrogens is 685 g/mol. The molecule has 0 spiro atoms. The summed E-state index contributed by atoms with van der Waals surface area (Å²) in [4.78, 5) is 33.9. The summed E-state index contributed by atoms with van der Waals surface area (Å²) >= 11 is 13.3. The number of nitriles is 1. The van der Waals surface area contributed by atoms with E-state index in [2.05, 4.69) is 4.98 Å². The van der Waals surface area contributed by atoms with Gasteiger partial charge in [-0.25, -0.2) is 13.4 Å². The summed E-state index contributed by atoms with van der Waals surface area (Å²) in [5.41, 5.74) is 3.82. The van der Waals surface area contributed by atoms with Crippen LogP contribution in [0.5, 0.6) is 5.75 Å².